The van der Waals surface area contributed by atoms with Crippen molar-refractivity contribution < 1.29 is 19.7 Å². The van der Waals surface area contributed by atoms with Crippen LogP contribution in [0.1, 0.15) is 41.5 Å². The van der Waals surface area contributed by atoms with Gasteiger partial charge >= 0.3 is 0 Å². The number of carbonyl (C=O) groups excluding carboxylic acids is 1. The molecule has 2 aromatic rings. The van der Waals surface area contributed by atoms with Crippen LogP contribution in [0.15, 0.2) is 36.4 Å². The number of hydrogen-bond donors (Lipinski definition) is 2. The molecule has 2 aromatic carbocycles. The summed E-state index contributed by atoms with van der Waals surface area (Å²) in [4.78, 5) is 16.5. The van der Waals surface area contributed by atoms with E-state index < -0.39 is 22.5 Å². The van der Waals surface area contributed by atoms with Crippen LogP contribution in [0.2, 0.25) is 0 Å². The summed E-state index contributed by atoms with van der Waals surface area (Å²) in [6.07, 6.45) is 3.38. The van der Waals surface area contributed by atoms with Gasteiger partial charge in [0.25, 0.3) is 0 Å². The maximum absolute atomic E-state index is 14.2. The molecule has 5 aliphatic rings. The first-order valence-corrected chi connectivity index (χ1v) is 11.5. The molecule has 31 heavy (non-hydrogen) atoms. The molecular weight excluding hydrogens is 390 g/mol. The molecule has 1 saturated carbocycles. The number of benzene rings is 2. The van der Waals surface area contributed by atoms with Crippen LogP contribution in [0.5, 0.6) is 11.5 Å². The smallest absolute Gasteiger partial charge is 0.180 e. The van der Waals surface area contributed by atoms with Gasteiger partial charge in [0.05, 0.1) is 11.0 Å². The van der Waals surface area contributed by atoms with Crippen LogP contribution in [-0.4, -0.2) is 52.2 Å². The third kappa shape index (κ3) is 1.90. The fraction of sp³-hybridized carbons (Fsp3) is 0.500. The maximum Gasteiger partial charge on any atom is 0.180 e. The lowest BCUT2D eigenvalue weighted by Crippen LogP contribution is -2.79. The van der Waals surface area contributed by atoms with Gasteiger partial charge in [-0.25, -0.2) is 0 Å². The van der Waals surface area contributed by atoms with E-state index in [4.69, 9.17) is 4.74 Å². The number of ketones is 1. The van der Waals surface area contributed by atoms with Crippen molar-refractivity contribution >= 4 is 5.78 Å². The van der Waals surface area contributed by atoms with Gasteiger partial charge in [0.15, 0.2) is 23.4 Å². The summed E-state index contributed by atoms with van der Waals surface area (Å²) in [5.41, 5.74) is 2.10. The maximum atomic E-state index is 14.2. The van der Waals surface area contributed by atoms with E-state index in [1.165, 1.54) is 11.1 Å². The molecule has 0 amide bonds. The fourth-order valence-electron chi connectivity index (χ4n) is 7.96. The summed E-state index contributed by atoms with van der Waals surface area (Å²) in [6.45, 7) is 0.810. The zero-order valence-corrected chi connectivity index (χ0v) is 17.7. The van der Waals surface area contributed by atoms with Crippen LogP contribution in [0.25, 0.3) is 0 Å². The molecule has 2 aliphatic heterocycles. The lowest BCUT2D eigenvalue weighted by molar-refractivity contribution is -0.208. The van der Waals surface area contributed by atoms with Crippen molar-refractivity contribution in [3.05, 3.63) is 58.7 Å². The zero-order valence-electron chi connectivity index (χ0n) is 17.7. The molecule has 2 fully saturated rings. The van der Waals surface area contributed by atoms with Crippen LogP contribution in [-0.2, 0) is 29.5 Å². The van der Waals surface area contributed by atoms with Crippen LogP contribution in [0.4, 0.5) is 0 Å². The minimum atomic E-state index is -1.06. The van der Waals surface area contributed by atoms with Gasteiger partial charge in [0, 0.05) is 17.0 Å². The average molecular weight is 418 g/mol. The van der Waals surface area contributed by atoms with E-state index in [0.717, 1.165) is 30.5 Å². The molecule has 2 N–H and O–H groups in total. The number of likely N-dealkylation sites (N-methyl/N-ethyl adjacent to an activating group) is 1. The van der Waals surface area contributed by atoms with Crippen molar-refractivity contribution in [3.8, 4) is 11.5 Å². The molecule has 2 spiro atoms. The Morgan fingerprint density at radius 2 is 1.90 bits per heavy atom. The largest absolute Gasteiger partial charge is 0.504 e. The molecule has 7 rings (SSSR count). The van der Waals surface area contributed by atoms with Crippen molar-refractivity contribution in [3.63, 3.8) is 0 Å². The number of carbonyl (C=O) groups is 1. The minimum absolute atomic E-state index is 0.0579. The first-order chi connectivity index (χ1) is 14.9. The van der Waals surface area contributed by atoms with Gasteiger partial charge in [-0.05, 0) is 74.9 Å². The van der Waals surface area contributed by atoms with Gasteiger partial charge in [-0.15, -0.1) is 0 Å². The molecular formula is C26H27NO4. The second-order valence-corrected chi connectivity index (χ2v) is 10.6. The number of fused-ring (bicyclic) bond motifs is 1. The Morgan fingerprint density at radius 1 is 1.10 bits per heavy atom. The van der Waals surface area contributed by atoms with Gasteiger partial charge in [0.2, 0.25) is 0 Å². The third-order valence-electron chi connectivity index (χ3n) is 9.37. The number of ether oxygens (including phenoxy) is 1. The molecule has 0 radical (unpaired) electrons. The Morgan fingerprint density at radius 3 is 2.74 bits per heavy atom. The lowest BCUT2D eigenvalue weighted by Gasteiger charge is -2.65. The Bertz CT molecular complexity index is 1160. The number of piperidine rings is 1. The molecule has 5 heteroatoms. The summed E-state index contributed by atoms with van der Waals surface area (Å²) in [5.74, 6) is 0.641. The highest BCUT2D eigenvalue weighted by Gasteiger charge is 2.76. The van der Waals surface area contributed by atoms with Crippen molar-refractivity contribution in [1.29, 1.82) is 0 Å². The highest BCUT2D eigenvalue weighted by molar-refractivity contribution is 5.95. The predicted octanol–water partition coefficient (Wildman–Crippen LogP) is 2.53. The van der Waals surface area contributed by atoms with Crippen LogP contribution in [0.3, 0.4) is 0 Å². The summed E-state index contributed by atoms with van der Waals surface area (Å²) in [7, 11) is 2.09. The summed E-state index contributed by atoms with van der Waals surface area (Å²) >= 11 is 0. The van der Waals surface area contributed by atoms with Gasteiger partial charge in [-0.2, -0.15) is 0 Å². The normalized spacial score (nSPS) is 39.7. The topological polar surface area (TPSA) is 70.0 Å². The van der Waals surface area contributed by atoms with Crippen LogP contribution < -0.4 is 4.74 Å². The molecule has 1 saturated heterocycles. The number of nitrogens with zero attached hydrogens (tertiary/aromatic N) is 1. The number of hydrogen-bond acceptors (Lipinski definition) is 5. The van der Waals surface area contributed by atoms with Gasteiger partial charge < -0.3 is 19.8 Å². The highest BCUT2D eigenvalue weighted by atomic mass is 16.5. The van der Waals surface area contributed by atoms with Crippen molar-refractivity contribution in [2.75, 3.05) is 13.6 Å². The van der Waals surface area contributed by atoms with Crippen molar-refractivity contribution in [2.24, 2.45) is 5.41 Å². The van der Waals surface area contributed by atoms with E-state index >= 15 is 0 Å². The molecule has 2 heterocycles. The molecule has 160 valence electrons. The lowest BCUT2D eigenvalue weighted by atomic mass is 9.43. The standard InChI is InChI=1S/C26H27NO4/c1-27-11-10-25-20-16-6-7-18(28)21(20)31-23(25)22(29)24(14-26(25,30)19(27)12-16)9-8-15-4-2-3-5-17(15)13-24/h2-7,19,23,28,30H,8-14H2,1H3/t19?,23-,24-,25?,26+/m0/s1. The number of rotatable bonds is 0. The number of aromatic hydroxyl groups is 1. The quantitative estimate of drug-likeness (QED) is 0.690. The highest BCUT2D eigenvalue weighted by Crippen LogP contribution is 2.68. The van der Waals surface area contributed by atoms with Crippen molar-refractivity contribution in [2.45, 2.75) is 61.7 Å². The first kappa shape index (κ1) is 18.2. The molecule has 5 nitrogen and oxygen atoms in total. The monoisotopic (exact) mass is 417 g/mol. The third-order valence-corrected chi connectivity index (χ3v) is 9.37. The van der Waals surface area contributed by atoms with Gasteiger partial charge in [-0.3, -0.25) is 4.79 Å². The number of aliphatic hydroxyl groups is 1. The van der Waals surface area contributed by atoms with E-state index in [0.29, 0.717) is 31.4 Å². The SMILES string of the molecule is CN1CCC23c4c5ccc(O)c4O[C@H]2C(=O)[C@]2(CCc4ccccc4C2)C[C@@]3(O)C1C5. The number of phenolic OH excluding ortho intramolecular Hbond substituents is 1. The Balaban J connectivity index is 1.46. The van der Waals surface area contributed by atoms with E-state index in [2.05, 4.69) is 30.1 Å². The van der Waals surface area contributed by atoms with Crippen LogP contribution >= 0.6 is 0 Å². The Labute approximate surface area is 181 Å². The molecule has 0 aromatic heterocycles. The molecule has 2 unspecified atom stereocenters. The Hall–Kier alpha value is -2.37. The van der Waals surface area contributed by atoms with E-state index in [1.54, 1.807) is 6.07 Å². The fourth-order valence-corrected chi connectivity index (χ4v) is 7.96. The second kappa shape index (κ2) is 5.51. The molecule has 2 bridgehead atoms. The van der Waals surface area contributed by atoms with E-state index in [1.807, 2.05) is 12.1 Å². The van der Waals surface area contributed by atoms with Gasteiger partial charge in [0.1, 0.15) is 0 Å². The minimum Gasteiger partial charge on any atom is -0.504 e. The van der Waals surface area contributed by atoms with Gasteiger partial charge in [-0.1, -0.05) is 30.3 Å². The number of aryl methyl sites for hydroxylation is 1. The zero-order chi connectivity index (χ0) is 21.2. The number of likely N-dealkylation sites (tertiary alicyclic amines) is 1. The average Bonchev–Trinajstić information content (AvgIpc) is 3.12. The molecule has 5 atom stereocenters. The number of phenols is 1. The molecule has 3 aliphatic carbocycles. The number of Topliss-reactive ketones (excluding diaryl/α,β-unsaturated/α-hetero) is 1. The predicted molar refractivity (Wildman–Crippen MR) is 114 cm³/mol. The van der Waals surface area contributed by atoms with Crippen molar-refractivity contribution in [1.82, 2.24) is 4.90 Å². The Kier molecular flexibility index (Phi) is 3.24. The van der Waals surface area contributed by atoms with Crippen LogP contribution in [0, 0.1) is 5.41 Å². The summed E-state index contributed by atoms with van der Waals surface area (Å²) in [6, 6.07) is 12.0. The van der Waals surface area contributed by atoms with E-state index in [-0.39, 0.29) is 17.6 Å². The summed E-state index contributed by atoms with van der Waals surface area (Å²) in [5, 5.41) is 23.2. The second-order valence-electron chi connectivity index (χ2n) is 10.6. The summed E-state index contributed by atoms with van der Waals surface area (Å²) < 4.78 is 6.36. The first-order valence-electron chi connectivity index (χ1n) is 11.5. The van der Waals surface area contributed by atoms with E-state index in [9.17, 15) is 15.0 Å².